The van der Waals surface area contributed by atoms with Gasteiger partial charge in [0.1, 0.15) is 10.6 Å². The molecule has 178 valence electrons. The third-order valence-electron chi connectivity index (χ3n) is 7.08. The molecular weight excluding hydrogens is 484 g/mol. The standard InChI is InChI=1S/C33H20N4S/c1-3-11-21(12-4-1)26-19-29(36-32(35-26)22-13-5-2-6-14-22)37-27-17-9-7-15-23(27)25-20-34-33-30(31(25)37)24-16-8-10-18-28(24)38-33/h1-20H. The average molecular weight is 505 g/mol. The molecule has 8 rings (SSSR count). The Morgan fingerprint density at radius 2 is 1.29 bits per heavy atom. The molecular formula is C33H20N4S. The van der Waals surface area contributed by atoms with Gasteiger partial charge in [-0.05, 0) is 12.1 Å². The number of hydrogen-bond acceptors (Lipinski definition) is 4. The normalized spacial score (nSPS) is 11.7. The van der Waals surface area contributed by atoms with E-state index in [2.05, 4.69) is 83.4 Å². The van der Waals surface area contributed by atoms with Gasteiger partial charge in [-0.1, -0.05) is 97.1 Å². The Morgan fingerprint density at radius 3 is 2.11 bits per heavy atom. The van der Waals surface area contributed by atoms with Gasteiger partial charge in [0.25, 0.3) is 0 Å². The summed E-state index contributed by atoms with van der Waals surface area (Å²) < 4.78 is 3.53. The van der Waals surface area contributed by atoms with Crippen LogP contribution in [0.15, 0.2) is 121 Å². The van der Waals surface area contributed by atoms with Gasteiger partial charge in [0.2, 0.25) is 0 Å². The highest BCUT2D eigenvalue weighted by atomic mass is 32.1. The molecule has 0 N–H and O–H groups in total. The Kier molecular flexibility index (Phi) is 4.66. The molecule has 0 aliphatic carbocycles. The summed E-state index contributed by atoms with van der Waals surface area (Å²) >= 11 is 1.73. The topological polar surface area (TPSA) is 43.6 Å². The number of fused-ring (bicyclic) bond motifs is 7. The van der Waals surface area contributed by atoms with E-state index in [4.69, 9.17) is 15.0 Å². The molecule has 38 heavy (non-hydrogen) atoms. The lowest BCUT2D eigenvalue weighted by atomic mass is 10.1. The molecule has 0 bridgehead atoms. The van der Waals surface area contributed by atoms with Crippen molar-refractivity contribution in [3.8, 4) is 28.5 Å². The van der Waals surface area contributed by atoms with Crippen LogP contribution in [-0.4, -0.2) is 19.5 Å². The summed E-state index contributed by atoms with van der Waals surface area (Å²) in [4.78, 5) is 16.1. The van der Waals surface area contributed by atoms with Gasteiger partial charge < -0.3 is 0 Å². The van der Waals surface area contributed by atoms with Crippen molar-refractivity contribution < 1.29 is 0 Å². The Bertz CT molecular complexity index is 2070. The van der Waals surface area contributed by atoms with Crippen LogP contribution in [0, 0.1) is 0 Å². The highest BCUT2D eigenvalue weighted by Gasteiger charge is 2.20. The lowest BCUT2D eigenvalue weighted by Gasteiger charge is -2.12. The van der Waals surface area contributed by atoms with Crippen molar-refractivity contribution in [1.82, 2.24) is 19.5 Å². The number of para-hydroxylation sites is 1. The molecule has 0 fully saturated rings. The second-order valence-electron chi connectivity index (χ2n) is 9.32. The molecule has 4 aromatic carbocycles. The molecule has 5 heteroatoms. The average Bonchev–Trinajstić information content (AvgIpc) is 3.53. The Labute approximate surface area is 222 Å². The minimum absolute atomic E-state index is 0.702. The minimum Gasteiger partial charge on any atom is -0.293 e. The fourth-order valence-corrected chi connectivity index (χ4v) is 6.43. The first-order valence-corrected chi connectivity index (χ1v) is 13.4. The molecule has 0 spiro atoms. The predicted octanol–water partition coefficient (Wildman–Crippen LogP) is 8.67. The number of rotatable bonds is 3. The first kappa shape index (κ1) is 21.2. The first-order chi connectivity index (χ1) is 18.8. The van der Waals surface area contributed by atoms with E-state index in [1.807, 2.05) is 42.6 Å². The van der Waals surface area contributed by atoms with Crippen LogP contribution in [0.5, 0.6) is 0 Å². The monoisotopic (exact) mass is 504 g/mol. The molecule has 0 aliphatic heterocycles. The highest BCUT2D eigenvalue weighted by molar-refractivity contribution is 7.25. The quantitative estimate of drug-likeness (QED) is 0.242. The van der Waals surface area contributed by atoms with Gasteiger partial charge in [-0.2, -0.15) is 0 Å². The van der Waals surface area contributed by atoms with Gasteiger partial charge in [-0.3, -0.25) is 4.57 Å². The van der Waals surface area contributed by atoms with E-state index >= 15 is 0 Å². The van der Waals surface area contributed by atoms with Crippen LogP contribution in [0.3, 0.4) is 0 Å². The van der Waals surface area contributed by atoms with Crippen molar-refractivity contribution >= 4 is 53.4 Å². The van der Waals surface area contributed by atoms with Crippen molar-refractivity contribution in [2.24, 2.45) is 0 Å². The third kappa shape index (κ3) is 3.19. The largest absolute Gasteiger partial charge is 0.293 e. The van der Waals surface area contributed by atoms with E-state index in [-0.39, 0.29) is 0 Å². The fourth-order valence-electron chi connectivity index (χ4n) is 5.38. The summed E-state index contributed by atoms with van der Waals surface area (Å²) in [6, 6.07) is 39.7. The van der Waals surface area contributed by atoms with Crippen molar-refractivity contribution in [3.05, 3.63) is 121 Å². The lowest BCUT2D eigenvalue weighted by Crippen LogP contribution is -2.02. The lowest BCUT2D eigenvalue weighted by molar-refractivity contribution is 1.05. The molecule has 4 nitrogen and oxygen atoms in total. The summed E-state index contributed by atoms with van der Waals surface area (Å²) in [5, 5.41) is 4.67. The number of aromatic nitrogens is 4. The molecule has 0 amide bonds. The number of pyridine rings is 1. The second-order valence-corrected chi connectivity index (χ2v) is 10.3. The molecule has 8 aromatic rings. The summed E-state index contributed by atoms with van der Waals surface area (Å²) in [5.41, 5.74) is 5.16. The van der Waals surface area contributed by atoms with E-state index in [0.29, 0.717) is 5.82 Å². The Morgan fingerprint density at radius 1 is 0.605 bits per heavy atom. The van der Waals surface area contributed by atoms with E-state index < -0.39 is 0 Å². The zero-order chi connectivity index (χ0) is 25.1. The van der Waals surface area contributed by atoms with Crippen molar-refractivity contribution in [2.45, 2.75) is 0 Å². The maximum Gasteiger partial charge on any atom is 0.162 e. The maximum absolute atomic E-state index is 5.18. The van der Waals surface area contributed by atoms with Crippen LogP contribution in [0.4, 0.5) is 0 Å². The molecule has 0 unspecified atom stereocenters. The van der Waals surface area contributed by atoms with E-state index in [1.165, 1.54) is 15.5 Å². The van der Waals surface area contributed by atoms with Gasteiger partial charge in [0.15, 0.2) is 5.82 Å². The Balaban J connectivity index is 1.54. The van der Waals surface area contributed by atoms with Crippen LogP contribution in [-0.2, 0) is 0 Å². The van der Waals surface area contributed by atoms with Crippen LogP contribution in [0.25, 0.3) is 70.6 Å². The maximum atomic E-state index is 5.18. The molecule has 0 atom stereocenters. The molecule has 4 heterocycles. The van der Waals surface area contributed by atoms with E-state index in [1.54, 1.807) is 11.3 Å². The minimum atomic E-state index is 0.702. The predicted molar refractivity (Wildman–Crippen MR) is 158 cm³/mol. The SMILES string of the molecule is c1ccc(-c2cc(-n3c4ccccc4c4cnc5sc6ccccc6c5c43)nc(-c3ccccc3)n2)cc1. The van der Waals surface area contributed by atoms with Crippen molar-refractivity contribution in [3.63, 3.8) is 0 Å². The first-order valence-electron chi connectivity index (χ1n) is 12.5. The van der Waals surface area contributed by atoms with Gasteiger partial charge in [-0.15, -0.1) is 11.3 Å². The number of nitrogens with zero attached hydrogens (tertiary/aromatic N) is 4. The van der Waals surface area contributed by atoms with Crippen LogP contribution < -0.4 is 0 Å². The number of thiophene rings is 1. The zero-order valence-electron chi connectivity index (χ0n) is 20.2. The molecule has 0 radical (unpaired) electrons. The summed E-state index contributed by atoms with van der Waals surface area (Å²) in [7, 11) is 0. The second kappa shape index (κ2) is 8.33. The molecule has 0 saturated heterocycles. The van der Waals surface area contributed by atoms with Gasteiger partial charge in [-0.25, -0.2) is 15.0 Å². The van der Waals surface area contributed by atoms with Gasteiger partial charge >= 0.3 is 0 Å². The molecule has 0 aliphatic rings. The van der Waals surface area contributed by atoms with Crippen LogP contribution >= 0.6 is 11.3 Å². The number of benzene rings is 4. The highest BCUT2D eigenvalue weighted by Crippen LogP contribution is 2.42. The van der Waals surface area contributed by atoms with Crippen LogP contribution in [0.1, 0.15) is 0 Å². The van der Waals surface area contributed by atoms with Gasteiger partial charge in [0.05, 0.1) is 16.7 Å². The number of hydrogen-bond donors (Lipinski definition) is 0. The van der Waals surface area contributed by atoms with E-state index in [0.717, 1.165) is 49.3 Å². The third-order valence-corrected chi connectivity index (χ3v) is 8.16. The smallest absolute Gasteiger partial charge is 0.162 e. The van der Waals surface area contributed by atoms with E-state index in [9.17, 15) is 0 Å². The van der Waals surface area contributed by atoms with Crippen molar-refractivity contribution in [2.75, 3.05) is 0 Å². The summed E-state index contributed by atoms with van der Waals surface area (Å²) in [5.74, 6) is 1.54. The van der Waals surface area contributed by atoms with Crippen molar-refractivity contribution in [1.29, 1.82) is 0 Å². The zero-order valence-corrected chi connectivity index (χ0v) is 21.1. The van der Waals surface area contributed by atoms with Gasteiger partial charge in [0, 0.05) is 49.6 Å². The molecule has 0 saturated carbocycles. The summed E-state index contributed by atoms with van der Waals surface area (Å²) in [6.45, 7) is 0. The fraction of sp³-hybridized carbons (Fsp3) is 0. The Hall–Kier alpha value is -4.87. The summed E-state index contributed by atoms with van der Waals surface area (Å²) in [6.07, 6.45) is 2.02. The molecule has 4 aromatic heterocycles. The van der Waals surface area contributed by atoms with Crippen LogP contribution in [0.2, 0.25) is 0 Å².